The topological polar surface area (TPSA) is 177 Å². The molecule has 0 spiro atoms. The normalized spacial score (nSPS) is 10.5. The summed E-state index contributed by atoms with van der Waals surface area (Å²) >= 11 is 6.13. The number of anilines is 2. The number of nitro benzene ring substituents is 1. The lowest BCUT2D eigenvalue weighted by Gasteiger charge is -2.26. The number of non-ortho nitro benzene ring substituents is 1. The lowest BCUT2D eigenvalue weighted by atomic mass is 10.1. The summed E-state index contributed by atoms with van der Waals surface area (Å²) in [5, 5.41) is 31.1. The Kier molecular flexibility index (Phi) is 10.7. The molecule has 0 bridgehead atoms. The summed E-state index contributed by atoms with van der Waals surface area (Å²) in [5.41, 5.74) is 0.299. The van der Waals surface area contributed by atoms with E-state index in [4.69, 9.17) is 21.1 Å². The first-order valence-electron chi connectivity index (χ1n) is 11.2. The van der Waals surface area contributed by atoms with Crippen molar-refractivity contribution in [2.24, 2.45) is 10.2 Å². The molecule has 200 valence electrons. The number of ether oxygens (including phenoxy) is 2. The van der Waals surface area contributed by atoms with Crippen molar-refractivity contribution < 1.29 is 28.8 Å². The van der Waals surface area contributed by atoms with Gasteiger partial charge in [0.05, 0.1) is 40.4 Å². The number of esters is 1. The monoisotopic (exact) mass is 544 g/mol. The molecule has 0 heterocycles. The molecule has 0 aromatic heterocycles. The van der Waals surface area contributed by atoms with Crippen LogP contribution in [0.15, 0.2) is 34.5 Å². The van der Waals surface area contributed by atoms with Gasteiger partial charge in [0.25, 0.3) is 5.69 Å². The molecule has 2 aromatic rings. The SMILES string of the molecule is CCN(CCC(=O)OCC(C)=O)c1cc(NC(C)=O)c(N=Nc2c(Cl)cc([N+](=O)[O-])cc2C#N)cc1OC. The first-order chi connectivity index (χ1) is 18.0. The fourth-order valence-corrected chi connectivity index (χ4v) is 3.50. The summed E-state index contributed by atoms with van der Waals surface area (Å²) in [6.07, 6.45) is -0.00319. The number of nitrogens with zero attached hydrogens (tertiary/aromatic N) is 5. The van der Waals surface area contributed by atoms with Crippen LogP contribution < -0.4 is 15.0 Å². The molecule has 0 aliphatic carbocycles. The van der Waals surface area contributed by atoms with Crippen molar-refractivity contribution in [1.82, 2.24) is 0 Å². The molecule has 1 N–H and O–H groups in total. The number of rotatable bonds is 12. The van der Waals surface area contributed by atoms with Gasteiger partial charge in [-0.25, -0.2) is 0 Å². The second-order valence-electron chi connectivity index (χ2n) is 7.81. The van der Waals surface area contributed by atoms with E-state index in [1.807, 2.05) is 13.0 Å². The van der Waals surface area contributed by atoms with Crippen LogP contribution in [0.25, 0.3) is 0 Å². The van der Waals surface area contributed by atoms with Crippen LogP contribution in [0.3, 0.4) is 0 Å². The van der Waals surface area contributed by atoms with Gasteiger partial charge in [0.1, 0.15) is 29.8 Å². The molecule has 0 atom stereocenters. The molecule has 0 radical (unpaired) electrons. The number of Topliss-reactive ketones (excluding diaryl/α,β-unsaturated/α-hetero) is 1. The van der Waals surface area contributed by atoms with Gasteiger partial charge >= 0.3 is 5.97 Å². The Morgan fingerprint density at radius 3 is 2.47 bits per heavy atom. The minimum absolute atomic E-state index is 0.00319. The van der Waals surface area contributed by atoms with E-state index >= 15 is 0 Å². The Hall–Kier alpha value is -4.57. The second kappa shape index (κ2) is 13.7. The van der Waals surface area contributed by atoms with Crippen LogP contribution in [0.5, 0.6) is 5.75 Å². The molecular formula is C24H25ClN6O7. The molecular weight excluding hydrogens is 520 g/mol. The molecule has 0 aliphatic heterocycles. The molecule has 0 saturated carbocycles. The van der Waals surface area contributed by atoms with E-state index in [0.717, 1.165) is 12.1 Å². The van der Waals surface area contributed by atoms with E-state index in [1.54, 1.807) is 11.0 Å². The van der Waals surface area contributed by atoms with Crippen molar-refractivity contribution in [2.75, 3.05) is 37.0 Å². The maximum absolute atomic E-state index is 12.0. The fraction of sp³-hybridized carbons (Fsp3) is 0.333. The average Bonchev–Trinajstić information content (AvgIpc) is 2.86. The first-order valence-corrected chi connectivity index (χ1v) is 11.6. The van der Waals surface area contributed by atoms with Gasteiger partial charge in [0, 0.05) is 38.2 Å². The number of hydrogen-bond acceptors (Lipinski definition) is 11. The highest BCUT2D eigenvalue weighted by Gasteiger charge is 2.19. The number of carbonyl (C=O) groups excluding carboxylic acids is 3. The van der Waals surface area contributed by atoms with Crippen LogP contribution in [0.1, 0.15) is 32.8 Å². The van der Waals surface area contributed by atoms with E-state index in [0.29, 0.717) is 18.0 Å². The van der Waals surface area contributed by atoms with Gasteiger partial charge in [-0.1, -0.05) is 11.6 Å². The van der Waals surface area contributed by atoms with Crippen LogP contribution in [0.2, 0.25) is 5.02 Å². The highest BCUT2D eigenvalue weighted by molar-refractivity contribution is 6.33. The fourth-order valence-electron chi connectivity index (χ4n) is 3.25. The van der Waals surface area contributed by atoms with Gasteiger partial charge in [-0.15, -0.1) is 10.2 Å². The summed E-state index contributed by atoms with van der Waals surface area (Å²) in [7, 11) is 1.42. The van der Waals surface area contributed by atoms with Gasteiger partial charge in [-0.2, -0.15) is 5.26 Å². The van der Waals surface area contributed by atoms with Crippen LogP contribution in [0, 0.1) is 21.4 Å². The van der Waals surface area contributed by atoms with E-state index in [2.05, 4.69) is 15.5 Å². The number of halogens is 1. The predicted octanol–water partition coefficient (Wildman–Crippen LogP) is 4.85. The summed E-state index contributed by atoms with van der Waals surface area (Å²) in [4.78, 5) is 47.1. The number of hydrogen-bond donors (Lipinski definition) is 1. The van der Waals surface area contributed by atoms with Gasteiger partial charge in [-0.05, 0) is 19.9 Å². The zero-order chi connectivity index (χ0) is 28.4. The van der Waals surface area contributed by atoms with Crippen molar-refractivity contribution >= 4 is 57.7 Å². The predicted molar refractivity (Wildman–Crippen MR) is 138 cm³/mol. The Balaban J connectivity index is 2.48. The van der Waals surface area contributed by atoms with Crippen molar-refractivity contribution in [1.29, 1.82) is 5.26 Å². The van der Waals surface area contributed by atoms with E-state index in [9.17, 15) is 29.8 Å². The van der Waals surface area contributed by atoms with Gasteiger partial charge in [0.15, 0.2) is 5.78 Å². The Morgan fingerprint density at radius 2 is 1.92 bits per heavy atom. The van der Waals surface area contributed by atoms with Crippen LogP contribution in [-0.2, 0) is 19.1 Å². The second-order valence-corrected chi connectivity index (χ2v) is 8.21. The lowest BCUT2D eigenvalue weighted by Crippen LogP contribution is -2.27. The van der Waals surface area contributed by atoms with Crippen LogP contribution >= 0.6 is 11.6 Å². The smallest absolute Gasteiger partial charge is 0.308 e. The van der Waals surface area contributed by atoms with Gasteiger partial charge in [-0.3, -0.25) is 24.5 Å². The maximum atomic E-state index is 12.0. The first kappa shape index (κ1) is 29.7. The number of carbonyl (C=O) groups is 3. The third kappa shape index (κ3) is 7.97. The average molecular weight is 545 g/mol. The largest absolute Gasteiger partial charge is 0.494 e. The highest BCUT2D eigenvalue weighted by Crippen LogP contribution is 2.41. The minimum Gasteiger partial charge on any atom is -0.494 e. The number of azo groups is 1. The Labute approximate surface area is 223 Å². The van der Waals surface area contributed by atoms with E-state index < -0.39 is 16.8 Å². The number of ketones is 1. The lowest BCUT2D eigenvalue weighted by molar-refractivity contribution is -0.384. The summed E-state index contributed by atoms with van der Waals surface area (Å²) < 4.78 is 10.4. The summed E-state index contributed by atoms with van der Waals surface area (Å²) in [5.74, 6) is -0.880. The van der Waals surface area contributed by atoms with Gasteiger partial charge < -0.3 is 19.7 Å². The third-order valence-corrected chi connectivity index (χ3v) is 5.28. The molecule has 0 unspecified atom stereocenters. The number of methoxy groups -OCH3 is 1. The summed E-state index contributed by atoms with van der Waals surface area (Å²) in [6, 6.07) is 6.96. The van der Waals surface area contributed by atoms with Crippen molar-refractivity contribution in [2.45, 2.75) is 27.2 Å². The zero-order valence-corrected chi connectivity index (χ0v) is 21.9. The number of nitro groups is 1. The molecule has 38 heavy (non-hydrogen) atoms. The standard InChI is InChI=1S/C24H25ClN6O7/c1-5-30(7-6-23(34)38-13-14(2)32)21-10-19(27-15(3)33)20(11-22(21)37-4)28-29-24-16(12-26)8-17(31(35)36)9-18(24)25/h8-11H,5-7,13H2,1-4H3,(H,27,33). The third-order valence-electron chi connectivity index (χ3n) is 4.99. The van der Waals surface area contributed by atoms with Crippen LogP contribution in [0.4, 0.5) is 28.4 Å². The van der Waals surface area contributed by atoms with Crippen LogP contribution in [-0.4, -0.2) is 49.4 Å². The molecule has 2 aromatic carbocycles. The molecule has 0 saturated heterocycles. The Morgan fingerprint density at radius 1 is 1.21 bits per heavy atom. The van der Waals surface area contributed by atoms with Gasteiger partial charge in [0.2, 0.25) is 5.91 Å². The van der Waals surface area contributed by atoms with Crippen molar-refractivity contribution in [3.63, 3.8) is 0 Å². The number of nitriles is 1. The van der Waals surface area contributed by atoms with E-state index in [1.165, 1.54) is 27.0 Å². The number of nitrogens with one attached hydrogen (secondary N) is 1. The molecule has 13 nitrogen and oxygen atoms in total. The minimum atomic E-state index is -0.686. The molecule has 2 rings (SSSR count). The molecule has 14 heteroatoms. The molecule has 0 fully saturated rings. The highest BCUT2D eigenvalue weighted by atomic mass is 35.5. The summed E-state index contributed by atoms with van der Waals surface area (Å²) in [6.45, 7) is 4.86. The quantitative estimate of drug-likeness (QED) is 0.169. The van der Waals surface area contributed by atoms with Crippen molar-refractivity contribution in [3.8, 4) is 11.8 Å². The maximum Gasteiger partial charge on any atom is 0.308 e. The number of benzene rings is 2. The molecule has 0 aliphatic rings. The number of amides is 1. The van der Waals surface area contributed by atoms with Crippen molar-refractivity contribution in [3.05, 3.63) is 45.0 Å². The Bertz CT molecular complexity index is 1320. The van der Waals surface area contributed by atoms with E-state index in [-0.39, 0.29) is 58.7 Å². The zero-order valence-electron chi connectivity index (χ0n) is 21.1. The molecule has 1 amide bonds.